The van der Waals surface area contributed by atoms with Gasteiger partial charge < -0.3 is 10.1 Å². The van der Waals surface area contributed by atoms with Crippen LogP contribution in [0.5, 0.6) is 5.75 Å². The molecule has 0 saturated carbocycles. The van der Waals surface area contributed by atoms with Gasteiger partial charge >= 0.3 is 0 Å². The first-order chi connectivity index (χ1) is 10.7. The summed E-state index contributed by atoms with van der Waals surface area (Å²) in [7, 11) is 1.64. The van der Waals surface area contributed by atoms with Gasteiger partial charge in [0.1, 0.15) is 12.1 Å². The SMILES string of the molecule is COc1ccc2c(c1)C(C(=O)Nc1cncnc1C)CCC2. The van der Waals surface area contributed by atoms with E-state index in [4.69, 9.17) is 4.74 Å². The maximum Gasteiger partial charge on any atom is 0.232 e. The minimum absolute atomic E-state index is 0.00731. The molecular weight excluding hydrogens is 278 g/mol. The highest BCUT2D eigenvalue weighted by atomic mass is 16.5. The molecule has 114 valence electrons. The number of amides is 1. The molecule has 0 spiro atoms. The third-order valence-corrected chi connectivity index (χ3v) is 4.15. The smallest absolute Gasteiger partial charge is 0.232 e. The molecule has 5 nitrogen and oxygen atoms in total. The van der Waals surface area contributed by atoms with E-state index in [1.165, 1.54) is 11.9 Å². The van der Waals surface area contributed by atoms with E-state index in [-0.39, 0.29) is 11.8 Å². The predicted molar refractivity (Wildman–Crippen MR) is 84.1 cm³/mol. The van der Waals surface area contributed by atoms with Crippen LogP contribution in [0.3, 0.4) is 0 Å². The quantitative estimate of drug-likeness (QED) is 0.946. The summed E-state index contributed by atoms with van der Waals surface area (Å²) in [5.41, 5.74) is 3.73. The van der Waals surface area contributed by atoms with Crippen molar-refractivity contribution >= 4 is 11.6 Å². The van der Waals surface area contributed by atoms with Gasteiger partial charge in [-0.05, 0) is 49.4 Å². The number of rotatable bonds is 3. The molecule has 1 N–H and O–H groups in total. The molecule has 0 radical (unpaired) electrons. The van der Waals surface area contributed by atoms with E-state index in [0.29, 0.717) is 5.69 Å². The topological polar surface area (TPSA) is 64.1 Å². The fraction of sp³-hybridized carbons (Fsp3) is 0.353. The minimum Gasteiger partial charge on any atom is -0.497 e. The Hall–Kier alpha value is -2.43. The molecule has 3 rings (SSSR count). The molecule has 1 aliphatic carbocycles. The number of fused-ring (bicyclic) bond motifs is 1. The number of benzene rings is 1. The second-order valence-electron chi connectivity index (χ2n) is 5.52. The lowest BCUT2D eigenvalue weighted by atomic mass is 9.82. The molecule has 1 heterocycles. The molecule has 1 aromatic carbocycles. The molecule has 0 saturated heterocycles. The standard InChI is InChI=1S/C17H19N3O2/c1-11-16(9-18-10-19-11)20-17(21)14-5-3-4-12-6-7-13(22-2)8-15(12)14/h6-10,14H,3-5H2,1-2H3,(H,20,21). The maximum atomic E-state index is 12.7. The Morgan fingerprint density at radius 2 is 2.27 bits per heavy atom. The van der Waals surface area contributed by atoms with Crippen molar-refractivity contribution in [1.82, 2.24) is 9.97 Å². The molecule has 0 aliphatic heterocycles. The maximum absolute atomic E-state index is 12.7. The highest BCUT2D eigenvalue weighted by Gasteiger charge is 2.27. The van der Waals surface area contributed by atoms with Crippen LogP contribution >= 0.6 is 0 Å². The van der Waals surface area contributed by atoms with Crippen LogP contribution in [-0.4, -0.2) is 23.0 Å². The summed E-state index contributed by atoms with van der Waals surface area (Å²) in [6.45, 7) is 1.86. The largest absolute Gasteiger partial charge is 0.497 e. The molecule has 1 aliphatic rings. The summed E-state index contributed by atoms with van der Waals surface area (Å²) in [5, 5.41) is 2.95. The highest BCUT2D eigenvalue weighted by Crippen LogP contribution is 2.34. The molecule has 1 aromatic heterocycles. The zero-order valence-corrected chi connectivity index (χ0v) is 12.8. The predicted octanol–water partition coefficient (Wildman–Crippen LogP) is 2.85. The first-order valence-corrected chi connectivity index (χ1v) is 7.43. The Balaban J connectivity index is 1.87. The van der Waals surface area contributed by atoms with Gasteiger partial charge in [0.15, 0.2) is 0 Å². The van der Waals surface area contributed by atoms with E-state index in [9.17, 15) is 4.79 Å². The molecule has 0 fully saturated rings. The summed E-state index contributed by atoms with van der Waals surface area (Å²) in [5.74, 6) is 0.628. The van der Waals surface area contributed by atoms with Gasteiger partial charge in [-0.3, -0.25) is 4.79 Å². The van der Waals surface area contributed by atoms with Gasteiger partial charge in [0.2, 0.25) is 5.91 Å². The van der Waals surface area contributed by atoms with Crippen molar-refractivity contribution in [2.75, 3.05) is 12.4 Å². The Labute approximate surface area is 129 Å². The van der Waals surface area contributed by atoms with Crippen molar-refractivity contribution in [3.63, 3.8) is 0 Å². The second kappa shape index (κ2) is 6.13. The van der Waals surface area contributed by atoms with Gasteiger partial charge in [0, 0.05) is 0 Å². The number of carbonyl (C=O) groups is 1. The van der Waals surface area contributed by atoms with Crippen LogP contribution < -0.4 is 10.1 Å². The average molecular weight is 297 g/mol. The fourth-order valence-corrected chi connectivity index (χ4v) is 2.91. The lowest BCUT2D eigenvalue weighted by Crippen LogP contribution is -2.25. The number of hydrogen-bond acceptors (Lipinski definition) is 4. The van der Waals surface area contributed by atoms with Crippen molar-refractivity contribution < 1.29 is 9.53 Å². The van der Waals surface area contributed by atoms with E-state index < -0.39 is 0 Å². The second-order valence-corrected chi connectivity index (χ2v) is 5.52. The van der Waals surface area contributed by atoms with Crippen LogP contribution in [0.4, 0.5) is 5.69 Å². The Kier molecular flexibility index (Phi) is 4.04. The lowest BCUT2D eigenvalue weighted by Gasteiger charge is -2.25. The summed E-state index contributed by atoms with van der Waals surface area (Å²) in [6, 6.07) is 5.99. The number of aryl methyl sites for hydroxylation is 2. The van der Waals surface area contributed by atoms with Crippen molar-refractivity contribution in [3.8, 4) is 5.75 Å². The Bertz CT molecular complexity index is 700. The van der Waals surface area contributed by atoms with E-state index in [1.54, 1.807) is 13.3 Å². The molecule has 1 unspecified atom stereocenters. The first kappa shape index (κ1) is 14.5. The van der Waals surface area contributed by atoms with E-state index in [0.717, 1.165) is 36.3 Å². The van der Waals surface area contributed by atoms with Crippen LogP contribution in [0.15, 0.2) is 30.7 Å². The zero-order chi connectivity index (χ0) is 15.5. The van der Waals surface area contributed by atoms with Gasteiger partial charge in [0.25, 0.3) is 0 Å². The number of methoxy groups -OCH3 is 1. The van der Waals surface area contributed by atoms with Crippen LogP contribution in [0, 0.1) is 6.92 Å². The summed E-state index contributed by atoms with van der Waals surface area (Å²) >= 11 is 0. The number of anilines is 1. The van der Waals surface area contributed by atoms with Crippen LogP contribution in [-0.2, 0) is 11.2 Å². The fourth-order valence-electron chi connectivity index (χ4n) is 2.91. The zero-order valence-electron chi connectivity index (χ0n) is 12.8. The number of nitrogens with zero attached hydrogens (tertiary/aromatic N) is 2. The van der Waals surface area contributed by atoms with E-state index in [2.05, 4.69) is 21.4 Å². The van der Waals surface area contributed by atoms with Gasteiger partial charge in [-0.15, -0.1) is 0 Å². The summed E-state index contributed by atoms with van der Waals surface area (Å²) in [4.78, 5) is 20.7. The van der Waals surface area contributed by atoms with Crippen molar-refractivity contribution in [3.05, 3.63) is 47.5 Å². The first-order valence-electron chi connectivity index (χ1n) is 7.43. The van der Waals surface area contributed by atoms with E-state index >= 15 is 0 Å². The number of aromatic nitrogens is 2. The third-order valence-electron chi connectivity index (χ3n) is 4.15. The van der Waals surface area contributed by atoms with Gasteiger partial charge in [0.05, 0.1) is 30.6 Å². The number of hydrogen-bond donors (Lipinski definition) is 1. The van der Waals surface area contributed by atoms with Crippen molar-refractivity contribution in [2.24, 2.45) is 0 Å². The summed E-state index contributed by atoms with van der Waals surface area (Å²) in [6.07, 6.45) is 5.98. The van der Waals surface area contributed by atoms with E-state index in [1.807, 2.05) is 19.1 Å². The van der Waals surface area contributed by atoms with Crippen LogP contribution in [0.1, 0.15) is 35.6 Å². The number of ether oxygens (including phenoxy) is 1. The monoisotopic (exact) mass is 297 g/mol. The lowest BCUT2D eigenvalue weighted by molar-refractivity contribution is -0.117. The molecule has 22 heavy (non-hydrogen) atoms. The van der Waals surface area contributed by atoms with Crippen molar-refractivity contribution in [1.29, 1.82) is 0 Å². The third kappa shape index (κ3) is 2.79. The van der Waals surface area contributed by atoms with Crippen LogP contribution in [0.25, 0.3) is 0 Å². The summed E-state index contributed by atoms with van der Waals surface area (Å²) < 4.78 is 5.29. The molecular formula is C17H19N3O2. The molecule has 2 aromatic rings. The van der Waals surface area contributed by atoms with Gasteiger partial charge in [-0.2, -0.15) is 0 Å². The van der Waals surface area contributed by atoms with Gasteiger partial charge in [-0.1, -0.05) is 6.07 Å². The molecule has 5 heteroatoms. The average Bonchev–Trinajstić information content (AvgIpc) is 2.55. The molecule has 0 bridgehead atoms. The number of nitrogens with one attached hydrogen (secondary N) is 1. The Morgan fingerprint density at radius 1 is 1.41 bits per heavy atom. The Morgan fingerprint density at radius 3 is 3.05 bits per heavy atom. The van der Waals surface area contributed by atoms with Crippen molar-refractivity contribution in [2.45, 2.75) is 32.1 Å². The highest BCUT2D eigenvalue weighted by molar-refractivity contribution is 5.96. The van der Waals surface area contributed by atoms with Crippen LogP contribution in [0.2, 0.25) is 0 Å². The molecule has 1 atom stereocenters. The van der Waals surface area contributed by atoms with Gasteiger partial charge in [-0.25, -0.2) is 9.97 Å². The normalized spacial score (nSPS) is 16.7. The molecule has 1 amide bonds. The number of carbonyl (C=O) groups excluding carboxylic acids is 1. The minimum atomic E-state index is -0.154.